The van der Waals surface area contributed by atoms with Gasteiger partial charge in [0.25, 0.3) is 0 Å². The van der Waals surface area contributed by atoms with Crippen molar-refractivity contribution in [2.24, 2.45) is 11.8 Å². The van der Waals surface area contributed by atoms with Gasteiger partial charge in [-0.15, -0.1) is 0 Å². The van der Waals surface area contributed by atoms with E-state index in [0.29, 0.717) is 19.3 Å². The van der Waals surface area contributed by atoms with E-state index in [4.69, 9.17) is 14.2 Å². The number of unbranched alkanes of at least 4 members (excludes halogenated alkanes) is 33. The summed E-state index contributed by atoms with van der Waals surface area (Å²) in [6, 6.07) is 0. The summed E-state index contributed by atoms with van der Waals surface area (Å²) in [7, 11) is 0. The Bertz CT molecular complexity index is 916. The first kappa shape index (κ1) is 58.4. The van der Waals surface area contributed by atoms with Crippen LogP contribution in [0.4, 0.5) is 0 Å². The molecule has 0 aromatic heterocycles. The van der Waals surface area contributed by atoms with Gasteiger partial charge in [0.05, 0.1) is 0 Å². The van der Waals surface area contributed by atoms with Gasteiger partial charge in [-0.2, -0.15) is 0 Å². The molecule has 6 heteroatoms. The third-order valence-corrected chi connectivity index (χ3v) is 12.2. The van der Waals surface area contributed by atoms with E-state index in [0.717, 1.165) is 69.6 Å². The molecule has 0 unspecified atom stereocenters. The SMILES string of the molecule is CCCCCCCCCCCCCC(=O)OC[C@@H](COC(=O)CCCCCCCCCCCCCCCCC(C)C)OC(=O)CCCCCCCCCCCCCC(C)C. The van der Waals surface area contributed by atoms with Crippen LogP contribution in [0.25, 0.3) is 0 Å². The Morgan fingerprint density at radius 2 is 0.550 bits per heavy atom. The summed E-state index contributed by atoms with van der Waals surface area (Å²) in [5, 5.41) is 0. The molecular weight excluding hydrogens is 745 g/mol. The van der Waals surface area contributed by atoms with Crippen molar-refractivity contribution in [1.29, 1.82) is 0 Å². The zero-order chi connectivity index (χ0) is 44.0. The quantitative estimate of drug-likeness (QED) is 0.0345. The number of carbonyl (C=O) groups excluding carboxylic acids is 3. The number of rotatable bonds is 48. The predicted molar refractivity (Wildman–Crippen MR) is 256 cm³/mol. The third kappa shape index (κ3) is 47.5. The largest absolute Gasteiger partial charge is 0.462 e. The van der Waals surface area contributed by atoms with Gasteiger partial charge in [-0.05, 0) is 31.1 Å². The smallest absolute Gasteiger partial charge is 0.306 e. The minimum atomic E-state index is -0.761. The van der Waals surface area contributed by atoms with Crippen molar-refractivity contribution in [3.63, 3.8) is 0 Å². The molecule has 0 saturated heterocycles. The minimum absolute atomic E-state index is 0.0633. The first-order chi connectivity index (χ1) is 29.2. The highest BCUT2D eigenvalue weighted by molar-refractivity contribution is 5.71. The number of hydrogen-bond donors (Lipinski definition) is 0. The normalized spacial score (nSPS) is 12.1. The molecule has 0 amide bonds. The highest BCUT2D eigenvalue weighted by Gasteiger charge is 2.19. The second-order valence-corrected chi connectivity index (χ2v) is 19.5. The lowest BCUT2D eigenvalue weighted by molar-refractivity contribution is -0.167. The average molecular weight is 849 g/mol. The lowest BCUT2D eigenvalue weighted by atomic mass is 10.0. The summed E-state index contributed by atoms with van der Waals surface area (Å²) < 4.78 is 16.8. The highest BCUT2D eigenvalue weighted by atomic mass is 16.6. The summed E-state index contributed by atoms with van der Waals surface area (Å²) in [6.07, 6.45) is 48.0. The first-order valence-corrected chi connectivity index (χ1v) is 26.7. The maximum atomic E-state index is 12.8. The van der Waals surface area contributed by atoms with E-state index in [1.54, 1.807) is 0 Å². The Kier molecular flexibility index (Phi) is 45.7. The lowest BCUT2D eigenvalue weighted by Crippen LogP contribution is -2.30. The van der Waals surface area contributed by atoms with E-state index in [9.17, 15) is 14.4 Å². The van der Waals surface area contributed by atoms with E-state index in [2.05, 4.69) is 34.6 Å². The van der Waals surface area contributed by atoms with E-state index in [-0.39, 0.29) is 31.1 Å². The fraction of sp³-hybridized carbons (Fsp3) is 0.944. The molecule has 0 saturated carbocycles. The molecule has 0 spiro atoms. The van der Waals surface area contributed by atoms with Gasteiger partial charge in [0.15, 0.2) is 6.10 Å². The monoisotopic (exact) mass is 849 g/mol. The van der Waals surface area contributed by atoms with Crippen LogP contribution in [0.5, 0.6) is 0 Å². The van der Waals surface area contributed by atoms with Crippen molar-refractivity contribution >= 4 is 17.9 Å². The molecule has 1 atom stereocenters. The summed E-state index contributed by atoms with van der Waals surface area (Å²) in [5.74, 6) is 0.824. The fourth-order valence-corrected chi connectivity index (χ4v) is 8.17. The molecule has 356 valence electrons. The molecule has 0 radical (unpaired) electrons. The molecule has 60 heavy (non-hydrogen) atoms. The second-order valence-electron chi connectivity index (χ2n) is 19.5. The van der Waals surface area contributed by atoms with Crippen LogP contribution in [-0.4, -0.2) is 37.2 Å². The van der Waals surface area contributed by atoms with Crippen molar-refractivity contribution < 1.29 is 28.6 Å². The van der Waals surface area contributed by atoms with Crippen LogP contribution < -0.4 is 0 Å². The molecule has 0 N–H and O–H groups in total. The van der Waals surface area contributed by atoms with Gasteiger partial charge in [-0.1, -0.05) is 259 Å². The predicted octanol–water partition coefficient (Wildman–Crippen LogP) is 17.3. The maximum Gasteiger partial charge on any atom is 0.306 e. The van der Waals surface area contributed by atoms with Gasteiger partial charge in [-0.25, -0.2) is 0 Å². The number of esters is 3. The average Bonchev–Trinajstić information content (AvgIpc) is 3.22. The zero-order valence-corrected chi connectivity index (χ0v) is 41.1. The van der Waals surface area contributed by atoms with Crippen molar-refractivity contribution in [3.05, 3.63) is 0 Å². The summed E-state index contributed by atoms with van der Waals surface area (Å²) >= 11 is 0. The molecule has 0 fully saturated rings. The minimum Gasteiger partial charge on any atom is -0.462 e. The number of ether oxygens (including phenoxy) is 3. The molecule has 6 nitrogen and oxygen atoms in total. The van der Waals surface area contributed by atoms with Crippen LogP contribution in [0.1, 0.15) is 298 Å². The van der Waals surface area contributed by atoms with Crippen molar-refractivity contribution in [2.75, 3.05) is 13.2 Å². The Balaban J connectivity index is 4.28. The van der Waals surface area contributed by atoms with Gasteiger partial charge in [-0.3, -0.25) is 14.4 Å². The molecule has 0 aromatic carbocycles. The lowest BCUT2D eigenvalue weighted by Gasteiger charge is -2.18. The third-order valence-electron chi connectivity index (χ3n) is 12.2. The molecule has 0 heterocycles. The van der Waals surface area contributed by atoms with Crippen LogP contribution in [0.2, 0.25) is 0 Å². The van der Waals surface area contributed by atoms with E-state index >= 15 is 0 Å². The topological polar surface area (TPSA) is 78.9 Å². The number of carbonyl (C=O) groups is 3. The first-order valence-electron chi connectivity index (χ1n) is 26.7. The highest BCUT2D eigenvalue weighted by Crippen LogP contribution is 2.18. The van der Waals surface area contributed by atoms with Crippen LogP contribution in [0.3, 0.4) is 0 Å². The van der Waals surface area contributed by atoms with Gasteiger partial charge >= 0.3 is 17.9 Å². The van der Waals surface area contributed by atoms with Gasteiger partial charge < -0.3 is 14.2 Å². The van der Waals surface area contributed by atoms with Crippen molar-refractivity contribution in [1.82, 2.24) is 0 Å². The standard InChI is InChI=1S/C54H104O6/c1-6-7-8-9-10-11-17-24-29-34-39-44-52(55)58-47-51(60-54(57)46-41-36-31-26-21-16-19-23-28-33-38-43-50(4)5)48-59-53(56)45-40-35-30-25-20-15-13-12-14-18-22-27-32-37-42-49(2)3/h49-51H,6-48H2,1-5H3/t51-/m0/s1. The summed E-state index contributed by atoms with van der Waals surface area (Å²) in [4.78, 5) is 38.0. The van der Waals surface area contributed by atoms with E-state index in [1.165, 1.54) is 186 Å². The van der Waals surface area contributed by atoms with Crippen molar-refractivity contribution in [2.45, 2.75) is 304 Å². The Morgan fingerprint density at radius 1 is 0.317 bits per heavy atom. The Hall–Kier alpha value is -1.59. The maximum absolute atomic E-state index is 12.8. The second kappa shape index (κ2) is 46.9. The molecule has 0 rings (SSSR count). The fourth-order valence-electron chi connectivity index (χ4n) is 8.17. The molecule has 0 aromatic rings. The Labute approximate surface area is 374 Å². The van der Waals surface area contributed by atoms with Crippen LogP contribution in [0, 0.1) is 11.8 Å². The summed E-state index contributed by atoms with van der Waals surface area (Å²) in [5.41, 5.74) is 0. The van der Waals surface area contributed by atoms with Crippen LogP contribution in [0.15, 0.2) is 0 Å². The van der Waals surface area contributed by atoms with Gasteiger partial charge in [0.2, 0.25) is 0 Å². The zero-order valence-electron chi connectivity index (χ0n) is 41.1. The molecule has 0 bridgehead atoms. The van der Waals surface area contributed by atoms with Crippen LogP contribution >= 0.6 is 0 Å². The summed E-state index contributed by atoms with van der Waals surface area (Å²) in [6.45, 7) is 11.4. The molecule has 0 aliphatic heterocycles. The number of hydrogen-bond acceptors (Lipinski definition) is 6. The van der Waals surface area contributed by atoms with Crippen LogP contribution in [-0.2, 0) is 28.6 Å². The Morgan fingerprint density at radius 3 is 0.817 bits per heavy atom. The van der Waals surface area contributed by atoms with Crippen molar-refractivity contribution in [3.8, 4) is 0 Å². The molecular formula is C54H104O6. The molecule has 0 aliphatic carbocycles. The van der Waals surface area contributed by atoms with Gasteiger partial charge in [0.1, 0.15) is 13.2 Å². The van der Waals surface area contributed by atoms with E-state index < -0.39 is 6.10 Å². The van der Waals surface area contributed by atoms with Gasteiger partial charge in [0, 0.05) is 19.3 Å². The molecule has 0 aliphatic rings. The van der Waals surface area contributed by atoms with E-state index in [1.807, 2.05) is 0 Å².